The predicted octanol–water partition coefficient (Wildman–Crippen LogP) is 1.54. The molecule has 2 rings (SSSR count). The molecule has 5 nitrogen and oxygen atoms in total. The van der Waals surface area contributed by atoms with E-state index in [1.807, 2.05) is 0 Å². The monoisotopic (exact) mass is 227 g/mol. The Morgan fingerprint density at radius 1 is 1.53 bits per heavy atom. The van der Waals surface area contributed by atoms with Gasteiger partial charge in [0.25, 0.3) is 0 Å². The first-order valence-electron chi connectivity index (χ1n) is 5.02. The Hall–Kier alpha value is -1.04. The van der Waals surface area contributed by atoms with Crippen molar-refractivity contribution >= 4 is 17.7 Å². The van der Waals surface area contributed by atoms with E-state index in [4.69, 9.17) is 5.11 Å². The minimum absolute atomic E-state index is 0.129. The molecule has 0 saturated heterocycles. The minimum atomic E-state index is -0.688. The van der Waals surface area contributed by atoms with Crippen LogP contribution in [0.15, 0.2) is 11.5 Å². The summed E-state index contributed by atoms with van der Waals surface area (Å²) in [5.41, 5.74) is 0. The molecule has 1 fully saturated rings. The van der Waals surface area contributed by atoms with Crippen molar-refractivity contribution in [3.63, 3.8) is 0 Å². The molecule has 1 aromatic heterocycles. The topological polar surface area (TPSA) is 78.9 Å². The fourth-order valence-electron chi connectivity index (χ4n) is 1.91. The van der Waals surface area contributed by atoms with Crippen molar-refractivity contribution < 1.29 is 9.90 Å². The fourth-order valence-corrected chi connectivity index (χ4v) is 3.12. The van der Waals surface area contributed by atoms with Gasteiger partial charge >= 0.3 is 5.97 Å². The second-order valence-electron chi connectivity index (χ2n) is 3.68. The number of thioether (sulfide) groups is 1. The number of rotatable bonds is 3. The third-order valence-electron chi connectivity index (χ3n) is 2.68. The van der Waals surface area contributed by atoms with Crippen LogP contribution in [0.25, 0.3) is 0 Å². The first-order valence-corrected chi connectivity index (χ1v) is 5.90. The second kappa shape index (κ2) is 4.65. The molecule has 0 amide bonds. The van der Waals surface area contributed by atoms with Crippen LogP contribution in [0.4, 0.5) is 0 Å². The molecular weight excluding hydrogens is 214 g/mol. The normalized spacial score (nSPS) is 26.4. The standard InChI is InChI=1S/C9H13N3O2S/c13-8(14)6-3-1-2-4-7(6)15-9-10-5-11-12-9/h5-7H,1-4H2,(H,13,14)(H,10,11,12). The molecule has 0 bridgehead atoms. The lowest BCUT2D eigenvalue weighted by Crippen LogP contribution is -2.29. The number of carbonyl (C=O) groups is 1. The van der Waals surface area contributed by atoms with E-state index in [9.17, 15) is 4.79 Å². The van der Waals surface area contributed by atoms with Gasteiger partial charge in [-0.15, -0.1) is 0 Å². The largest absolute Gasteiger partial charge is 0.481 e. The molecule has 1 aliphatic carbocycles. The van der Waals surface area contributed by atoms with Crippen LogP contribution in [-0.2, 0) is 4.79 Å². The number of carboxylic acids is 1. The van der Waals surface area contributed by atoms with E-state index in [1.54, 1.807) is 0 Å². The zero-order chi connectivity index (χ0) is 10.7. The van der Waals surface area contributed by atoms with Gasteiger partial charge in [-0.25, -0.2) is 4.98 Å². The van der Waals surface area contributed by atoms with Crippen LogP contribution in [0.1, 0.15) is 25.7 Å². The lowest BCUT2D eigenvalue weighted by Gasteiger charge is -2.26. The van der Waals surface area contributed by atoms with Crippen molar-refractivity contribution in [2.75, 3.05) is 0 Å². The number of carboxylic acid groups (broad SMARTS) is 1. The van der Waals surface area contributed by atoms with Crippen molar-refractivity contribution in [1.29, 1.82) is 0 Å². The highest BCUT2D eigenvalue weighted by Crippen LogP contribution is 2.36. The Morgan fingerprint density at radius 2 is 2.33 bits per heavy atom. The van der Waals surface area contributed by atoms with Crippen molar-refractivity contribution in [2.24, 2.45) is 5.92 Å². The molecule has 2 unspecified atom stereocenters. The van der Waals surface area contributed by atoms with Gasteiger partial charge in [0.2, 0.25) is 0 Å². The molecule has 15 heavy (non-hydrogen) atoms. The summed E-state index contributed by atoms with van der Waals surface area (Å²) in [5, 5.41) is 16.4. The summed E-state index contributed by atoms with van der Waals surface area (Å²) < 4.78 is 0. The smallest absolute Gasteiger partial charge is 0.307 e. The molecule has 1 saturated carbocycles. The van der Waals surface area contributed by atoms with Gasteiger partial charge in [0.05, 0.1) is 5.92 Å². The van der Waals surface area contributed by atoms with E-state index in [0.29, 0.717) is 5.16 Å². The summed E-state index contributed by atoms with van der Waals surface area (Å²) >= 11 is 1.50. The average Bonchev–Trinajstić information content (AvgIpc) is 2.71. The van der Waals surface area contributed by atoms with Crippen molar-refractivity contribution in [2.45, 2.75) is 36.1 Å². The highest BCUT2D eigenvalue weighted by atomic mass is 32.2. The first-order chi connectivity index (χ1) is 7.27. The highest BCUT2D eigenvalue weighted by Gasteiger charge is 2.31. The molecule has 6 heteroatoms. The molecule has 0 aliphatic heterocycles. The van der Waals surface area contributed by atoms with Gasteiger partial charge < -0.3 is 5.11 Å². The molecule has 2 N–H and O–H groups in total. The van der Waals surface area contributed by atoms with Gasteiger partial charge in [-0.05, 0) is 12.8 Å². The van der Waals surface area contributed by atoms with Crippen LogP contribution >= 0.6 is 11.8 Å². The van der Waals surface area contributed by atoms with Gasteiger partial charge in [-0.1, -0.05) is 24.6 Å². The molecule has 1 heterocycles. The fraction of sp³-hybridized carbons (Fsp3) is 0.667. The van der Waals surface area contributed by atoms with Crippen molar-refractivity contribution in [1.82, 2.24) is 15.2 Å². The van der Waals surface area contributed by atoms with Crippen molar-refractivity contribution in [3.8, 4) is 0 Å². The van der Waals surface area contributed by atoms with Crippen molar-refractivity contribution in [3.05, 3.63) is 6.33 Å². The predicted molar refractivity (Wildman–Crippen MR) is 55.6 cm³/mol. The first kappa shape index (κ1) is 10.5. The van der Waals surface area contributed by atoms with E-state index >= 15 is 0 Å². The number of nitrogens with zero attached hydrogens (tertiary/aromatic N) is 2. The van der Waals surface area contributed by atoms with Gasteiger partial charge in [-0.2, -0.15) is 5.10 Å². The van der Waals surface area contributed by atoms with Gasteiger partial charge in [0.1, 0.15) is 6.33 Å². The average molecular weight is 227 g/mol. The highest BCUT2D eigenvalue weighted by molar-refractivity contribution is 7.99. The Labute approximate surface area is 91.7 Å². The van der Waals surface area contributed by atoms with Gasteiger partial charge in [0, 0.05) is 5.25 Å². The molecule has 0 radical (unpaired) electrons. The van der Waals surface area contributed by atoms with E-state index < -0.39 is 5.97 Å². The number of aromatic nitrogens is 3. The third kappa shape index (κ3) is 2.50. The van der Waals surface area contributed by atoms with Crippen LogP contribution in [-0.4, -0.2) is 31.5 Å². The summed E-state index contributed by atoms with van der Waals surface area (Å²) in [6.45, 7) is 0. The molecule has 2 atom stereocenters. The summed E-state index contributed by atoms with van der Waals surface area (Å²) in [6, 6.07) is 0. The van der Waals surface area contributed by atoms with E-state index in [2.05, 4.69) is 15.2 Å². The maximum atomic E-state index is 11.0. The third-order valence-corrected chi connectivity index (χ3v) is 3.96. The number of hydrogen-bond acceptors (Lipinski definition) is 4. The maximum absolute atomic E-state index is 11.0. The molecule has 1 aliphatic rings. The van der Waals surface area contributed by atoms with E-state index in [1.165, 1.54) is 18.1 Å². The van der Waals surface area contributed by atoms with Gasteiger partial charge in [-0.3, -0.25) is 9.89 Å². The van der Waals surface area contributed by atoms with Crippen LogP contribution in [0.5, 0.6) is 0 Å². The summed E-state index contributed by atoms with van der Waals surface area (Å²) in [6.07, 6.45) is 5.30. The number of H-pyrrole nitrogens is 1. The number of hydrogen-bond donors (Lipinski definition) is 2. The van der Waals surface area contributed by atoms with Gasteiger partial charge in [0.15, 0.2) is 5.16 Å². The summed E-state index contributed by atoms with van der Waals surface area (Å²) in [4.78, 5) is 15.0. The Kier molecular flexibility index (Phi) is 3.25. The number of nitrogens with one attached hydrogen (secondary N) is 1. The number of aliphatic carboxylic acids is 1. The Bertz CT molecular complexity index is 328. The quantitative estimate of drug-likeness (QED) is 0.818. The molecule has 1 aromatic rings. The Morgan fingerprint density at radius 3 is 3.00 bits per heavy atom. The van der Waals surface area contributed by atoms with Crippen LogP contribution in [0.3, 0.4) is 0 Å². The second-order valence-corrected chi connectivity index (χ2v) is 4.90. The van der Waals surface area contributed by atoms with Crippen LogP contribution in [0, 0.1) is 5.92 Å². The van der Waals surface area contributed by atoms with Crippen LogP contribution < -0.4 is 0 Å². The zero-order valence-electron chi connectivity index (χ0n) is 8.22. The lowest BCUT2D eigenvalue weighted by molar-refractivity contribution is -0.142. The molecule has 82 valence electrons. The lowest BCUT2D eigenvalue weighted by atomic mass is 9.89. The molecule has 0 aromatic carbocycles. The molecular formula is C9H13N3O2S. The van der Waals surface area contributed by atoms with Crippen LogP contribution in [0.2, 0.25) is 0 Å². The maximum Gasteiger partial charge on any atom is 0.307 e. The molecule has 0 spiro atoms. The zero-order valence-corrected chi connectivity index (χ0v) is 9.04. The van der Waals surface area contributed by atoms with E-state index in [0.717, 1.165) is 25.7 Å². The minimum Gasteiger partial charge on any atom is -0.481 e. The SMILES string of the molecule is O=C(O)C1CCCCC1Sc1ncn[nH]1. The summed E-state index contributed by atoms with van der Waals surface area (Å²) in [7, 11) is 0. The summed E-state index contributed by atoms with van der Waals surface area (Å²) in [5.74, 6) is -0.930. The van der Waals surface area contributed by atoms with E-state index in [-0.39, 0.29) is 11.2 Å². The number of aromatic amines is 1. The Balaban J connectivity index is 2.02.